The average Bonchev–Trinajstić information content (AvgIpc) is 2.35. The molecule has 0 radical (unpaired) electrons. The molecule has 0 aromatic heterocycles. The lowest BCUT2D eigenvalue weighted by Crippen LogP contribution is -2.33. The zero-order valence-corrected chi connectivity index (χ0v) is 13.7. The number of hydrogen-bond acceptors (Lipinski definition) is 0. The van der Waals surface area contributed by atoms with Gasteiger partial charge >= 0.3 is 0 Å². The summed E-state index contributed by atoms with van der Waals surface area (Å²) in [6, 6.07) is 0. The van der Waals surface area contributed by atoms with E-state index in [0.717, 1.165) is 24.2 Å². The molecule has 3 unspecified atom stereocenters. The Morgan fingerprint density at radius 2 is 2.11 bits per heavy atom. The van der Waals surface area contributed by atoms with Gasteiger partial charge < -0.3 is 0 Å². The predicted octanol–water partition coefficient (Wildman–Crippen LogP) is 6.16. The molecular weight excluding hydrogens is 234 g/mol. The van der Waals surface area contributed by atoms with Crippen LogP contribution in [-0.4, -0.2) is 19.2 Å². The van der Waals surface area contributed by atoms with Gasteiger partial charge in [-0.2, -0.15) is 0 Å². The fraction of sp³-hybridized carbons (Fsp3) is 0.938. The van der Waals surface area contributed by atoms with Gasteiger partial charge in [0.05, 0.1) is 0 Å². The zero-order valence-electron chi connectivity index (χ0n) is 12.8. The Kier molecular flexibility index (Phi) is 8.32. The van der Waals surface area contributed by atoms with Gasteiger partial charge in [-0.3, -0.25) is 0 Å². The molecular formula is C16H32BP. The van der Waals surface area contributed by atoms with E-state index in [0.29, 0.717) is 0 Å². The molecule has 1 heterocycles. The van der Waals surface area contributed by atoms with Crippen LogP contribution in [0.5, 0.6) is 0 Å². The summed E-state index contributed by atoms with van der Waals surface area (Å²) in [5.74, 6) is 2.94. The van der Waals surface area contributed by atoms with Crippen molar-refractivity contribution in [1.29, 1.82) is 0 Å². The molecule has 0 amide bonds. The first kappa shape index (κ1) is 16.3. The molecule has 0 saturated carbocycles. The van der Waals surface area contributed by atoms with Crippen LogP contribution in [0.4, 0.5) is 0 Å². The van der Waals surface area contributed by atoms with Crippen LogP contribution in [0.3, 0.4) is 0 Å². The van der Waals surface area contributed by atoms with Gasteiger partial charge in [0, 0.05) is 0 Å². The minimum Gasteiger partial charge on any atom is -0.112 e. The van der Waals surface area contributed by atoms with Crippen molar-refractivity contribution in [2.24, 2.45) is 0 Å². The normalized spacial score (nSPS) is 26.5. The highest BCUT2D eigenvalue weighted by molar-refractivity contribution is 7.36. The van der Waals surface area contributed by atoms with Crippen LogP contribution in [0.25, 0.3) is 0 Å². The molecule has 2 heteroatoms. The summed E-state index contributed by atoms with van der Waals surface area (Å²) < 4.78 is 0. The summed E-state index contributed by atoms with van der Waals surface area (Å²) >= 11 is 0. The quantitative estimate of drug-likeness (QED) is 0.280. The third-order valence-electron chi connectivity index (χ3n) is 4.98. The van der Waals surface area contributed by atoms with E-state index in [2.05, 4.69) is 27.1 Å². The molecule has 1 fully saturated rings. The standard InChI is InChI=1S/C16H32BP/c1-5-9-16-12-8-11-15(3)17(16)14(2)10-6-7-13-18-4/h14-16H,4-13H2,1-3H3. The Morgan fingerprint density at radius 3 is 2.78 bits per heavy atom. The topological polar surface area (TPSA) is 0 Å². The third kappa shape index (κ3) is 5.08. The fourth-order valence-corrected chi connectivity index (χ4v) is 4.61. The van der Waals surface area contributed by atoms with Crippen molar-refractivity contribution in [3.63, 3.8) is 0 Å². The number of rotatable bonds is 8. The van der Waals surface area contributed by atoms with Gasteiger partial charge in [0.1, 0.15) is 6.71 Å². The van der Waals surface area contributed by atoms with E-state index in [-0.39, 0.29) is 0 Å². The first-order chi connectivity index (χ1) is 8.70. The van der Waals surface area contributed by atoms with Gasteiger partial charge in [-0.25, -0.2) is 0 Å². The van der Waals surface area contributed by atoms with Crippen molar-refractivity contribution >= 4 is 21.2 Å². The highest BCUT2D eigenvalue weighted by atomic mass is 31.1. The average molecular weight is 266 g/mol. The molecule has 104 valence electrons. The largest absolute Gasteiger partial charge is 0.149 e. The molecule has 1 aliphatic rings. The number of unbranched alkanes of at least 4 members (excludes halogenated alkanes) is 1. The smallest absolute Gasteiger partial charge is 0.112 e. The van der Waals surface area contributed by atoms with Gasteiger partial charge in [-0.1, -0.05) is 89.5 Å². The van der Waals surface area contributed by atoms with Gasteiger partial charge in [-0.15, -0.1) is 8.20 Å². The molecule has 1 rings (SSSR count). The summed E-state index contributed by atoms with van der Waals surface area (Å²) in [6.45, 7) is 8.40. The van der Waals surface area contributed by atoms with Crippen molar-refractivity contribution in [3.8, 4) is 0 Å². The molecule has 0 aromatic rings. The van der Waals surface area contributed by atoms with Crippen molar-refractivity contribution in [2.75, 3.05) is 6.16 Å². The monoisotopic (exact) mass is 266 g/mol. The first-order valence-electron chi connectivity index (χ1n) is 8.13. The highest BCUT2D eigenvalue weighted by Crippen LogP contribution is 2.44. The maximum absolute atomic E-state index is 3.91. The summed E-state index contributed by atoms with van der Waals surface area (Å²) in [7, 11) is 1.33. The van der Waals surface area contributed by atoms with E-state index in [1.165, 1.54) is 65.7 Å². The summed E-state index contributed by atoms with van der Waals surface area (Å²) in [4.78, 5) is 0. The third-order valence-corrected chi connectivity index (χ3v) is 5.61. The molecule has 0 aromatic carbocycles. The van der Waals surface area contributed by atoms with E-state index in [4.69, 9.17) is 0 Å². The summed E-state index contributed by atoms with van der Waals surface area (Å²) in [6.07, 6.45) is 16.8. The van der Waals surface area contributed by atoms with E-state index in [9.17, 15) is 0 Å². The fourth-order valence-electron chi connectivity index (χ4n) is 4.17. The van der Waals surface area contributed by atoms with Gasteiger partial charge in [-0.05, 0) is 12.6 Å². The van der Waals surface area contributed by atoms with Gasteiger partial charge in [0.25, 0.3) is 0 Å². The SMILES string of the molecule is C=PCCCCC(C)B1C(C)CCCC1CCC. The van der Waals surface area contributed by atoms with E-state index < -0.39 is 0 Å². The maximum Gasteiger partial charge on any atom is 0.149 e. The Balaban J connectivity index is 2.43. The molecule has 0 aliphatic carbocycles. The lowest BCUT2D eigenvalue weighted by molar-refractivity contribution is 0.522. The first-order valence-corrected chi connectivity index (χ1v) is 9.39. The molecule has 3 atom stereocenters. The van der Waals surface area contributed by atoms with Gasteiger partial charge in [0.2, 0.25) is 0 Å². The van der Waals surface area contributed by atoms with Crippen molar-refractivity contribution < 1.29 is 0 Å². The molecule has 1 saturated heterocycles. The van der Waals surface area contributed by atoms with Crippen LogP contribution < -0.4 is 0 Å². The van der Waals surface area contributed by atoms with Gasteiger partial charge in [0.15, 0.2) is 0 Å². The zero-order chi connectivity index (χ0) is 13.4. The van der Waals surface area contributed by atoms with Crippen LogP contribution >= 0.6 is 8.20 Å². The Hall–Kier alpha value is 0.235. The van der Waals surface area contributed by atoms with Crippen LogP contribution in [0, 0.1) is 0 Å². The molecule has 0 N–H and O–H groups in total. The van der Waals surface area contributed by atoms with Crippen LogP contribution in [0.15, 0.2) is 0 Å². The summed E-state index contributed by atoms with van der Waals surface area (Å²) in [5, 5.41) is 0. The van der Waals surface area contributed by atoms with Crippen LogP contribution in [0.2, 0.25) is 17.5 Å². The Bertz CT molecular complexity index is 227. The van der Waals surface area contributed by atoms with E-state index in [1.54, 1.807) is 0 Å². The van der Waals surface area contributed by atoms with E-state index >= 15 is 0 Å². The van der Waals surface area contributed by atoms with Crippen molar-refractivity contribution in [2.45, 2.75) is 89.6 Å². The minimum absolute atomic E-state index is 0.943. The van der Waals surface area contributed by atoms with Crippen LogP contribution in [0.1, 0.15) is 72.1 Å². The second-order valence-corrected chi connectivity index (χ2v) is 7.35. The highest BCUT2D eigenvalue weighted by Gasteiger charge is 2.36. The Morgan fingerprint density at radius 1 is 1.33 bits per heavy atom. The van der Waals surface area contributed by atoms with Crippen LogP contribution in [-0.2, 0) is 0 Å². The summed E-state index contributed by atoms with van der Waals surface area (Å²) in [5.41, 5.74) is 0. The lowest BCUT2D eigenvalue weighted by Gasteiger charge is -2.38. The second-order valence-electron chi connectivity index (χ2n) is 6.45. The molecule has 1 aliphatic heterocycles. The predicted molar refractivity (Wildman–Crippen MR) is 89.9 cm³/mol. The molecule has 18 heavy (non-hydrogen) atoms. The Labute approximate surface area is 117 Å². The second kappa shape index (κ2) is 9.19. The maximum atomic E-state index is 3.91. The van der Waals surface area contributed by atoms with E-state index in [1.807, 2.05) is 0 Å². The molecule has 0 nitrogen and oxygen atoms in total. The molecule has 0 spiro atoms. The van der Waals surface area contributed by atoms with Crippen molar-refractivity contribution in [3.05, 3.63) is 0 Å². The number of hydrogen-bond donors (Lipinski definition) is 0. The van der Waals surface area contributed by atoms with Crippen molar-refractivity contribution in [1.82, 2.24) is 0 Å². The minimum atomic E-state index is 0.943. The molecule has 0 bridgehead atoms. The lowest BCUT2D eigenvalue weighted by atomic mass is 9.25.